The van der Waals surface area contributed by atoms with E-state index in [1.54, 1.807) is 0 Å². The highest BCUT2D eigenvalue weighted by molar-refractivity contribution is 5.95. The van der Waals surface area contributed by atoms with E-state index < -0.39 is 0 Å². The van der Waals surface area contributed by atoms with Crippen LogP contribution in [0.2, 0.25) is 0 Å². The number of aryl methyl sites for hydroxylation is 2. The van der Waals surface area contributed by atoms with Crippen LogP contribution < -0.4 is 5.32 Å². The summed E-state index contributed by atoms with van der Waals surface area (Å²) in [6.45, 7) is 5.41. The van der Waals surface area contributed by atoms with Crippen LogP contribution in [0.15, 0.2) is 42.5 Å². The average molecular weight is 340 g/mol. The van der Waals surface area contributed by atoms with Gasteiger partial charge in [-0.3, -0.25) is 9.78 Å². The van der Waals surface area contributed by atoms with Crippen LogP contribution in [-0.4, -0.2) is 36.3 Å². The Bertz CT molecular complexity index is 718. The van der Waals surface area contributed by atoms with Crippen molar-refractivity contribution in [1.29, 1.82) is 0 Å². The minimum Gasteiger partial charge on any atom is -0.379 e. The normalized spacial score (nSPS) is 20.2. The molecule has 0 spiro atoms. The largest absolute Gasteiger partial charge is 0.379 e. The van der Waals surface area contributed by atoms with Crippen LogP contribution in [0.25, 0.3) is 0 Å². The third-order valence-electron chi connectivity index (χ3n) is 4.39. The van der Waals surface area contributed by atoms with Crippen molar-refractivity contribution < 1.29 is 14.3 Å². The molecule has 1 fully saturated rings. The number of rotatable bonds is 5. The second-order valence-electron chi connectivity index (χ2n) is 6.36. The zero-order chi connectivity index (χ0) is 17.6. The summed E-state index contributed by atoms with van der Waals surface area (Å²) in [7, 11) is 0. The molecule has 132 valence electrons. The SMILES string of the molecule is Cc1ccc(C(=O)NC2COCCC2OCc2ccccc2)c(C)n1. The first-order valence-corrected chi connectivity index (χ1v) is 8.62. The Labute approximate surface area is 148 Å². The van der Waals surface area contributed by atoms with E-state index in [9.17, 15) is 4.79 Å². The quantitative estimate of drug-likeness (QED) is 0.909. The Balaban J connectivity index is 1.63. The molecule has 3 rings (SSSR count). The van der Waals surface area contributed by atoms with Crippen molar-refractivity contribution >= 4 is 5.91 Å². The Morgan fingerprint density at radius 2 is 2.04 bits per heavy atom. The molecule has 1 aliphatic heterocycles. The number of nitrogens with one attached hydrogen (secondary N) is 1. The smallest absolute Gasteiger partial charge is 0.253 e. The monoisotopic (exact) mass is 340 g/mol. The van der Waals surface area contributed by atoms with Gasteiger partial charge in [-0.25, -0.2) is 0 Å². The zero-order valence-corrected chi connectivity index (χ0v) is 14.7. The Morgan fingerprint density at radius 3 is 2.80 bits per heavy atom. The lowest BCUT2D eigenvalue weighted by Gasteiger charge is -2.32. The number of hydrogen-bond donors (Lipinski definition) is 1. The van der Waals surface area contributed by atoms with E-state index in [0.29, 0.717) is 25.4 Å². The van der Waals surface area contributed by atoms with Crippen molar-refractivity contribution in [2.45, 2.75) is 39.0 Å². The second kappa shape index (κ2) is 8.23. The van der Waals surface area contributed by atoms with Gasteiger partial charge in [-0.05, 0) is 38.0 Å². The predicted octanol–water partition coefficient (Wildman–Crippen LogP) is 2.80. The first-order valence-electron chi connectivity index (χ1n) is 8.62. The Kier molecular flexibility index (Phi) is 5.79. The van der Waals surface area contributed by atoms with Crippen LogP contribution in [0, 0.1) is 13.8 Å². The van der Waals surface area contributed by atoms with Crippen LogP contribution in [0.3, 0.4) is 0 Å². The molecule has 0 radical (unpaired) electrons. The second-order valence-corrected chi connectivity index (χ2v) is 6.36. The van der Waals surface area contributed by atoms with Crippen molar-refractivity contribution in [3.8, 4) is 0 Å². The van der Waals surface area contributed by atoms with Gasteiger partial charge in [0.15, 0.2) is 0 Å². The number of pyridine rings is 1. The lowest BCUT2D eigenvalue weighted by Crippen LogP contribution is -2.50. The van der Waals surface area contributed by atoms with Gasteiger partial charge in [-0.1, -0.05) is 30.3 Å². The van der Waals surface area contributed by atoms with Gasteiger partial charge in [0, 0.05) is 12.3 Å². The molecule has 1 aromatic heterocycles. The molecule has 25 heavy (non-hydrogen) atoms. The maximum absolute atomic E-state index is 12.6. The van der Waals surface area contributed by atoms with E-state index in [-0.39, 0.29) is 18.1 Å². The molecule has 5 nitrogen and oxygen atoms in total. The average Bonchev–Trinajstić information content (AvgIpc) is 2.61. The number of nitrogens with zero attached hydrogens (tertiary/aromatic N) is 1. The standard InChI is InChI=1S/C20H24N2O3/c1-14-8-9-17(15(2)21-14)20(23)22-18-13-24-11-10-19(18)25-12-16-6-4-3-5-7-16/h3-9,18-19H,10-13H2,1-2H3,(H,22,23). The molecule has 0 aliphatic carbocycles. The molecule has 2 heterocycles. The zero-order valence-electron chi connectivity index (χ0n) is 14.7. The van der Waals surface area contributed by atoms with Crippen molar-refractivity contribution in [3.63, 3.8) is 0 Å². The number of aromatic nitrogens is 1. The third kappa shape index (κ3) is 4.65. The molecule has 2 atom stereocenters. The Morgan fingerprint density at radius 1 is 1.24 bits per heavy atom. The summed E-state index contributed by atoms with van der Waals surface area (Å²) in [5, 5.41) is 3.05. The molecule has 0 bridgehead atoms. The van der Waals surface area contributed by atoms with Crippen LogP contribution in [0.4, 0.5) is 0 Å². The maximum Gasteiger partial charge on any atom is 0.253 e. The van der Waals surface area contributed by atoms with Gasteiger partial charge in [0.2, 0.25) is 0 Å². The van der Waals surface area contributed by atoms with Crippen LogP contribution in [-0.2, 0) is 16.1 Å². The number of amides is 1. The molecule has 0 saturated carbocycles. The van der Waals surface area contributed by atoms with Gasteiger partial charge in [0.1, 0.15) is 0 Å². The fraction of sp³-hybridized carbons (Fsp3) is 0.400. The summed E-state index contributed by atoms with van der Waals surface area (Å²) in [6.07, 6.45) is 0.708. The summed E-state index contributed by atoms with van der Waals surface area (Å²) >= 11 is 0. The minimum atomic E-state index is -0.161. The maximum atomic E-state index is 12.6. The van der Waals surface area contributed by atoms with Crippen molar-refractivity contribution in [2.24, 2.45) is 0 Å². The molecule has 1 aromatic carbocycles. The minimum absolute atomic E-state index is 0.0587. The van der Waals surface area contributed by atoms with Gasteiger partial charge in [-0.15, -0.1) is 0 Å². The first kappa shape index (κ1) is 17.6. The van der Waals surface area contributed by atoms with Gasteiger partial charge < -0.3 is 14.8 Å². The molecular formula is C20H24N2O3. The van der Waals surface area contributed by atoms with Crippen LogP contribution in [0.5, 0.6) is 0 Å². The number of hydrogen-bond acceptors (Lipinski definition) is 4. The fourth-order valence-electron chi connectivity index (χ4n) is 3.00. The van der Waals surface area contributed by atoms with Gasteiger partial charge in [0.25, 0.3) is 5.91 Å². The van der Waals surface area contributed by atoms with Crippen molar-refractivity contribution in [2.75, 3.05) is 13.2 Å². The molecular weight excluding hydrogens is 316 g/mol. The van der Waals surface area contributed by atoms with E-state index in [2.05, 4.69) is 10.3 Å². The van der Waals surface area contributed by atoms with Crippen LogP contribution in [0.1, 0.15) is 33.7 Å². The highest BCUT2D eigenvalue weighted by atomic mass is 16.5. The van der Waals surface area contributed by atoms with Crippen LogP contribution >= 0.6 is 0 Å². The summed E-state index contributed by atoms with van der Waals surface area (Å²) < 4.78 is 11.6. The molecule has 1 amide bonds. The molecule has 5 heteroatoms. The van der Waals surface area contributed by atoms with Crippen molar-refractivity contribution in [1.82, 2.24) is 10.3 Å². The molecule has 1 saturated heterocycles. The van der Waals surface area contributed by atoms with E-state index >= 15 is 0 Å². The summed E-state index contributed by atoms with van der Waals surface area (Å²) in [4.78, 5) is 17.0. The third-order valence-corrected chi connectivity index (χ3v) is 4.39. The lowest BCUT2D eigenvalue weighted by atomic mass is 10.1. The van der Waals surface area contributed by atoms with Gasteiger partial charge in [-0.2, -0.15) is 0 Å². The van der Waals surface area contributed by atoms with Crippen molar-refractivity contribution in [3.05, 3.63) is 65.0 Å². The first-order chi connectivity index (χ1) is 12.1. The van der Waals surface area contributed by atoms with Gasteiger partial charge in [0.05, 0.1) is 36.6 Å². The molecule has 2 aromatic rings. The highest BCUT2D eigenvalue weighted by Gasteiger charge is 2.28. The highest BCUT2D eigenvalue weighted by Crippen LogP contribution is 2.16. The lowest BCUT2D eigenvalue weighted by molar-refractivity contribution is -0.0605. The van der Waals surface area contributed by atoms with E-state index in [1.165, 1.54) is 0 Å². The van der Waals surface area contributed by atoms with E-state index in [4.69, 9.17) is 9.47 Å². The van der Waals surface area contributed by atoms with E-state index in [1.807, 2.05) is 56.3 Å². The summed E-state index contributed by atoms with van der Waals surface area (Å²) in [6, 6.07) is 13.6. The number of ether oxygens (including phenoxy) is 2. The predicted molar refractivity (Wildman–Crippen MR) is 95.4 cm³/mol. The number of carbonyl (C=O) groups excluding carboxylic acids is 1. The van der Waals surface area contributed by atoms with E-state index in [0.717, 1.165) is 23.4 Å². The molecule has 1 aliphatic rings. The topological polar surface area (TPSA) is 60.5 Å². The Hall–Kier alpha value is -2.24. The van der Waals surface area contributed by atoms with Gasteiger partial charge >= 0.3 is 0 Å². The molecule has 2 unspecified atom stereocenters. The molecule has 1 N–H and O–H groups in total. The number of carbonyl (C=O) groups is 1. The summed E-state index contributed by atoms with van der Waals surface area (Å²) in [5.74, 6) is -0.131. The fourth-order valence-corrected chi connectivity index (χ4v) is 3.00. The number of benzene rings is 1. The summed E-state index contributed by atoms with van der Waals surface area (Å²) in [5.41, 5.74) is 3.35.